The van der Waals surface area contributed by atoms with Gasteiger partial charge in [0.2, 0.25) is 5.91 Å². The lowest BCUT2D eigenvalue weighted by Crippen LogP contribution is -2.50. The van der Waals surface area contributed by atoms with E-state index in [2.05, 4.69) is 5.32 Å². The summed E-state index contributed by atoms with van der Waals surface area (Å²) in [6.07, 6.45) is 2.06. The second-order valence-electron chi connectivity index (χ2n) is 6.48. The molecule has 2 aromatic rings. The largest absolute Gasteiger partial charge is 0.451 e. The molecule has 3 N–H and O–H groups in total. The van der Waals surface area contributed by atoms with Crippen molar-refractivity contribution in [2.75, 3.05) is 13.1 Å². The molecule has 0 bridgehead atoms. The second-order valence-corrected chi connectivity index (χ2v) is 6.48. The molecule has 128 valence electrons. The summed E-state index contributed by atoms with van der Waals surface area (Å²) < 4.78 is 5.59. The van der Waals surface area contributed by atoms with Crippen LogP contribution in [-0.2, 0) is 4.79 Å². The minimum atomic E-state index is -0.238. The van der Waals surface area contributed by atoms with Crippen LogP contribution in [0.3, 0.4) is 0 Å². The first-order chi connectivity index (χ1) is 11.5. The number of furan rings is 1. The van der Waals surface area contributed by atoms with E-state index < -0.39 is 0 Å². The van der Waals surface area contributed by atoms with Gasteiger partial charge < -0.3 is 20.4 Å². The van der Waals surface area contributed by atoms with Crippen LogP contribution in [0.25, 0.3) is 11.0 Å². The summed E-state index contributed by atoms with van der Waals surface area (Å²) in [4.78, 5) is 26.3. The molecule has 0 spiro atoms. The standard InChI is InChI=1S/C18H23N3O3/c1-12(19)9-17(22)21-8-4-6-14(11-21)20-18(23)16-10-13-5-2-3-7-15(13)24-16/h2-3,5,7,10,12,14H,4,6,8-9,11,19H2,1H3,(H,20,23). The number of likely N-dealkylation sites (tertiary alicyclic amines) is 1. The van der Waals surface area contributed by atoms with Crippen molar-refractivity contribution in [1.82, 2.24) is 10.2 Å². The van der Waals surface area contributed by atoms with Gasteiger partial charge in [0.15, 0.2) is 5.76 Å². The van der Waals surface area contributed by atoms with E-state index in [-0.39, 0.29) is 23.9 Å². The Morgan fingerprint density at radius 1 is 1.42 bits per heavy atom. The summed E-state index contributed by atoms with van der Waals surface area (Å²) in [5.41, 5.74) is 6.39. The maximum absolute atomic E-state index is 12.4. The summed E-state index contributed by atoms with van der Waals surface area (Å²) in [7, 11) is 0. The molecule has 6 heteroatoms. The van der Waals surface area contributed by atoms with Gasteiger partial charge in [-0.05, 0) is 31.9 Å². The predicted octanol–water partition coefficient (Wildman–Crippen LogP) is 1.89. The first-order valence-corrected chi connectivity index (χ1v) is 8.35. The zero-order valence-electron chi connectivity index (χ0n) is 13.8. The molecule has 6 nitrogen and oxygen atoms in total. The number of para-hydroxylation sites is 1. The Labute approximate surface area is 141 Å². The number of piperidine rings is 1. The maximum Gasteiger partial charge on any atom is 0.287 e. The Hall–Kier alpha value is -2.34. The van der Waals surface area contributed by atoms with Crippen LogP contribution >= 0.6 is 0 Å². The zero-order valence-corrected chi connectivity index (χ0v) is 13.8. The normalized spacial score (nSPS) is 19.2. The monoisotopic (exact) mass is 329 g/mol. The lowest BCUT2D eigenvalue weighted by Gasteiger charge is -2.33. The lowest BCUT2D eigenvalue weighted by molar-refractivity contribution is -0.132. The van der Waals surface area contributed by atoms with Crippen LogP contribution in [0.1, 0.15) is 36.7 Å². The highest BCUT2D eigenvalue weighted by atomic mass is 16.3. The summed E-state index contributed by atoms with van der Waals surface area (Å²) in [6, 6.07) is 9.05. The van der Waals surface area contributed by atoms with E-state index in [0.717, 1.165) is 24.8 Å². The number of rotatable bonds is 4. The van der Waals surface area contributed by atoms with Crippen molar-refractivity contribution >= 4 is 22.8 Å². The van der Waals surface area contributed by atoms with Crippen molar-refractivity contribution in [3.8, 4) is 0 Å². The minimum Gasteiger partial charge on any atom is -0.451 e. The number of fused-ring (bicyclic) bond motifs is 1. The van der Waals surface area contributed by atoms with Crippen molar-refractivity contribution < 1.29 is 14.0 Å². The van der Waals surface area contributed by atoms with Crippen LogP contribution in [-0.4, -0.2) is 41.9 Å². The van der Waals surface area contributed by atoms with Crippen LogP contribution in [0.2, 0.25) is 0 Å². The number of benzene rings is 1. The van der Waals surface area contributed by atoms with Gasteiger partial charge in [0.1, 0.15) is 5.58 Å². The van der Waals surface area contributed by atoms with Crippen LogP contribution in [0.4, 0.5) is 0 Å². The quantitative estimate of drug-likeness (QED) is 0.896. The van der Waals surface area contributed by atoms with Gasteiger partial charge >= 0.3 is 0 Å². The molecular weight excluding hydrogens is 306 g/mol. The van der Waals surface area contributed by atoms with Crippen LogP contribution in [0.5, 0.6) is 0 Å². The average molecular weight is 329 g/mol. The maximum atomic E-state index is 12.4. The van der Waals surface area contributed by atoms with E-state index >= 15 is 0 Å². The number of hydrogen-bond donors (Lipinski definition) is 2. The molecule has 1 saturated heterocycles. The summed E-state index contributed by atoms with van der Waals surface area (Å²) in [5, 5.41) is 3.88. The van der Waals surface area contributed by atoms with E-state index in [0.29, 0.717) is 24.3 Å². The molecular formula is C18H23N3O3. The van der Waals surface area contributed by atoms with Crippen LogP contribution in [0, 0.1) is 0 Å². The number of hydrogen-bond acceptors (Lipinski definition) is 4. The molecule has 1 fully saturated rings. The zero-order chi connectivity index (χ0) is 17.1. The average Bonchev–Trinajstić information content (AvgIpc) is 2.98. The molecule has 1 aromatic carbocycles. The molecule has 1 aromatic heterocycles. The predicted molar refractivity (Wildman–Crippen MR) is 91.5 cm³/mol. The van der Waals surface area contributed by atoms with Gasteiger partial charge in [0.05, 0.1) is 0 Å². The van der Waals surface area contributed by atoms with Crippen LogP contribution < -0.4 is 11.1 Å². The van der Waals surface area contributed by atoms with Crippen molar-refractivity contribution in [3.05, 3.63) is 36.1 Å². The fourth-order valence-corrected chi connectivity index (χ4v) is 3.08. The van der Waals surface area contributed by atoms with Crippen molar-refractivity contribution in [3.63, 3.8) is 0 Å². The first-order valence-electron chi connectivity index (χ1n) is 8.35. The number of nitrogens with one attached hydrogen (secondary N) is 1. The molecule has 1 aliphatic rings. The Bertz CT molecular complexity index is 705. The number of nitrogens with zero attached hydrogens (tertiary/aromatic N) is 1. The van der Waals surface area contributed by atoms with Gasteiger partial charge in [-0.1, -0.05) is 18.2 Å². The molecule has 2 amide bonds. The highest BCUT2D eigenvalue weighted by Gasteiger charge is 2.26. The van der Waals surface area contributed by atoms with Gasteiger partial charge in [0, 0.05) is 37.0 Å². The molecule has 24 heavy (non-hydrogen) atoms. The molecule has 2 heterocycles. The highest BCUT2D eigenvalue weighted by Crippen LogP contribution is 2.19. The van der Waals surface area contributed by atoms with Gasteiger partial charge in [-0.2, -0.15) is 0 Å². The summed E-state index contributed by atoms with van der Waals surface area (Å²) in [6.45, 7) is 3.07. The Morgan fingerprint density at radius 3 is 2.96 bits per heavy atom. The highest BCUT2D eigenvalue weighted by molar-refractivity contribution is 5.96. The van der Waals surface area contributed by atoms with Gasteiger partial charge in [-0.15, -0.1) is 0 Å². The third kappa shape index (κ3) is 3.76. The molecule has 0 saturated carbocycles. The summed E-state index contributed by atoms with van der Waals surface area (Å²) >= 11 is 0. The second kappa shape index (κ2) is 7.05. The van der Waals surface area contributed by atoms with Crippen molar-refractivity contribution in [2.45, 2.75) is 38.3 Å². The molecule has 2 atom stereocenters. The van der Waals surface area contributed by atoms with Crippen molar-refractivity contribution in [2.24, 2.45) is 5.73 Å². The minimum absolute atomic E-state index is 0.0488. The van der Waals surface area contributed by atoms with E-state index in [4.69, 9.17) is 10.2 Å². The third-order valence-corrected chi connectivity index (χ3v) is 4.26. The SMILES string of the molecule is CC(N)CC(=O)N1CCCC(NC(=O)c2cc3ccccc3o2)C1. The van der Waals surface area contributed by atoms with E-state index in [9.17, 15) is 9.59 Å². The van der Waals surface area contributed by atoms with Crippen LogP contribution in [0.15, 0.2) is 34.7 Å². The molecule has 1 aliphatic heterocycles. The third-order valence-electron chi connectivity index (χ3n) is 4.26. The molecule has 0 radical (unpaired) electrons. The number of carbonyl (C=O) groups excluding carboxylic acids is 2. The Balaban J connectivity index is 1.62. The van der Waals surface area contributed by atoms with E-state index in [1.165, 1.54) is 0 Å². The molecule has 2 unspecified atom stereocenters. The van der Waals surface area contributed by atoms with Gasteiger partial charge in [0.25, 0.3) is 5.91 Å². The number of carbonyl (C=O) groups is 2. The van der Waals surface area contributed by atoms with Gasteiger partial charge in [-0.25, -0.2) is 0 Å². The van der Waals surface area contributed by atoms with E-state index in [1.807, 2.05) is 31.2 Å². The summed E-state index contributed by atoms with van der Waals surface area (Å²) in [5.74, 6) is 0.112. The first kappa shape index (κ1) is 16.5. The smallest absolute Gasteiger partial charge is 0.287 e. The lowest BCUT2D eigenvalue weighted by atomic mass is 10.0. The van der Waals surface area contributed by atoms with Crippen molar-refractivity contribution in [1.29, 1.82) is 0 Å². The van der Waals surface area contributed by atoms with E-state index in [1.54, 1.807) is 11.0 Å². The van der Waals surface area contributed by atoms with Gasteiger partial charge in [-0.3, -0.25) is 9.59 Å². The molecule has 0 aliphatic carbocycles. The number of nitrogens with two attached hydrogens (primary N) is 1. The molecule has 3 rings (SSSR count). The number of amides is 2. The fourth-order valence-electron chi connectivity index (χ4n) is 3.08. The Kier molecular flexibility index (Phi) is 4.85. The fraction of sp³-hybridized carbons (Fsp3) is 0.444. The topological polar surface area (TPSA) is 88.6 Å². The Morgan fingerprint density at radius 2 is 2.21 bits per heavy atom.